The second-order valence-electron chi connectivity index (χ2n) is 6.64. The molecule has 2 aromatic rings. The molecule has 6 heteroatoms. The molecule has 5 nitrogen and oxygen atoms in total. The molecule has 0 unspecified atom stereocenters. The van der Waals surface area contributed by atoms with E-state index in [2.05, 4.69) is 26.1 Å². The van der Waals surface area contributed by atoms with Crippen LogP contribution in [0.5, 0.6) is 5.75 Å². The first-order chi connectivity index (χ1) is 11.7. The molecule has 0 atom stereocenters. The Morgan fingerprint density at radius 3 is 2.48 bits per heavy atom. The third-order valence-electron chi connectivity index (χ3n) is 3.58. The zero-order chi connectivity index (χ0) is 18.6. The fourth-order valence-electron chi connectivity index (χ4n) is 2.40. The number of halogens is 1. The zero-order valence-electron chi connectivity index (χ0n) is 14.4. The number of carbonyl (C=O) groups is 2. The Morgan fingerprint density at radius 2 is 1.84 bits per heavy atom. The van der Waals surface area contributed by atoms with Crippen LogP contribution >= 0.6 is 11.6 Å². The number of nitrogens with one attached hydrogen (secondary N) is 1. The number of ether oxygens (including phenoxy) is 1. The van der Waals surface area contributed by atoms with Gasteiger partial charge in [0.25, 0.3) is 11.8 Å². The maximum Gasteiger partial charge on any atom is 0.262 e. The van der Waals surface area contributed by atoms with E-state index in [-0.39, 0.29) is 29.2 Å². The SMILES string of the molecule is CC(C)(C)c1ccccc1NC(=O)COc1ccc(Cl)cc1C(N)=O. The molecule has 0 aromatic heterocycles. The molecule has 0 heterocycles. The quantitative estimate of drug-likeness (QED) is 0.851. The van der Waals surface area contributed by atoms with Crippen molar-refractivity contribution in [2.45, 2.75) is 26.2 Å². The fraction of sp³-hybridized carbons (Fsp3) is 0.263. The molecule has 0 bridgehead atoms. The van der Waals surface area contributed by atoms with Crippen molar-refractivity contribution in [1.29, 1.82) is 0 Å². The van der Waals surface area contributed by atoms with E-state index in [4.69, 9.17) is 22.1 Å². The molecule has 0 aliphatic heterocycles. The first kappa shape index (κ1) is 18.8. The number of carbonyl (C=O) groups excluding carboxylic acids is 2. The van der Waals surface area contributed by atoms with E-state index in [1.165, 1.54) is 12.1 Å². The summed E-state index contributed by atoms with van der Waals surface area (Å²) in [6.07, 6.45) is 0. The standard InChI is InChI=1S/C19H21ClN2O3/c1-19(2,3)14-6-4-5-7-15(14)22-17(23)11-25-16-9-8-12(20)10-13(16)18(21)24/h4-10H,11H2,1-3H3,(H2,21,24)(H,22,23). The molecule has 0 radical (unpaired) electrons. The summed E-state index contributed by atoms with van der Waals surface area (Å²) in [5.41, 5.74) is 7.08. The Hall–Kier alpha value is -2.53. The lowest BCUT2D eigenvalue weighted by molar-refractivity contribution is -0.118. The van der Waals surface area contributed by atoms with Crippen LogP contribution in [0.15, 0.2) is 42.5 Å². The summed E-state index contributed by atoms with van der Waals surface area (Å²) in [7, 11) is 0. The number of para-hydroxylation sites is 1. The van der Waals surface area contributed by atoms with Crippen molar-refractivity contribution in [3.05, 3.63) is 58.6 Å². The number of anilines is 1. The Balaban J connectivity index is 2.09. The summed E-state index contributed by atoms with van der Waals surface area (Å²) < 4.78 is 5.44. The lowest BCUT2D eigenvalue weighted by atomic mass is 9.86. The highest BCUT2D eigenvalue weighted by Gasteiger charge is 2.19. The topological polar surface area (TPSA) is 81.4 Å². The van der Waals surface area contributed by atoms with Gasteiger partial charge in [0.1, 0.15) is 5.75 Å². The van der Waals surface area contributed by atoms with Crippen LogP contribution in [0.4, 0.5) is 5.69 Å². The third kappa shape index (κ3) is 4.97. The molecule has 132 valence electrons. The summed E-state index contributed by atoms with van der Waals surface area (Å²) in [6.45, 7) is 5.96. The zero-order valence-corrected chi connectivity index (χ0v) is 15.2. The van der Waals surface area contributed by atoms with Gasteiger partial charge in [0.05, 0.1) is 5.56 Å². The van der Waals surface area contributed by atoms with Gasteiger partial charge in [-0.15, -0.1) is 0 Å². The second-order valence-corrected chi connectivity index (χ2v) is 7.07. The van der Waals surface area contributed by atoms with Gasteiger partial charge in [-0.3, -0.25) is 9.59 Å². The second kappa shape index (κ2) is 7.57. The van der Waals surface area contributed by atoms with Crippen LogP contribution in [0.25, 0.3) is 0 Å². The number of benzene rings is 2. The van der Waals surface area contributed by atoms with Gasteiger partial charge in [-0.05, 0) is 35.2 Å². The first-order valence-corrected chi connectivity index (χ1v) is 8.18. The van der Waals surface area contributed by atoms with Crippen LogP contribution in [0.2, 0.25) is 5.02 Å². The van der Waals surface area contributed by atoms with Crippen molar-refractivity contribution >= 4 is 29.1 Å². The molecular formula is C19H21ClN2O3. The van der Waals surface area contributed by atoms with Gasteiger partial charge < -0.3 is 15.8 Å². The van der Waals surface area contributed by atoms with Crippen LogP contribution in [-0.4, -0.2) is 18.4 Å². The molecular weight excluding hydrogens is 340 g/mol. The highest BCUT2D eigenvalue weighted by atomic mass is 35.5. The molecule has 0 saturated carbocycles. The van der Waals surface area contributed by atoms with Gasteiger partial charge in [-0.2, -0.15) is 0 Å². The fourth-order valence-corrected chi connectivity index (χ4v) is 2.57. The summed E-state index contributed by atoms with van der Waals surface area (Å²) in [5, 5.41) is 3.21. The van der Waals surface area contributed by atoms with Crippen molar-refractivity contribution in [1.82, 2.24) is 0 Å². The van der Waals surface area contributed by atoms with Gasteiger partial charge in [0.15, 0.2) is 6.61 Å². The maximum absolute atomic E-state index is 12.2. The van der Waals surface area contributed by atoms with Crippen LogP contribution in [0.3, 0.4) is 0 Å². The highest BCUT2D eigenvalue weighted by molar-refractivity contribution is 6.31. The first-order valence-electron chi connectivity index (χ1n) is 7.80. The molecule has 0 saturated heterocycles. The normalized spacial score (nSPS) is 11.0. The van der Waals surface area contributed by atoms with Crippen LogP contribution < -0.4 is 15.8 Å². The van der Waals surface area contributed by atoms with Crippen LogP contribution in [0.1, 0.15) is 36.7 Å². The summed E-state index contributed by atoms with van der Waals surface area (Å²) in [4.78, 5) is 23.7. The minimum Gasteiger partial charge on any atom is -0.483 e. The van der Waals surface area contributed by atoms with Crippen molar-refractivity contribution in [2.24, 2.45) is 5.73 Å². The minimum absolute atomic E-state index is 0.111. The summed E-state index contributed by atoms with van der Waals surface area (Å²) >= 11 is 5.85. The van der Waals surface area contributed by atoms with Gasteiger partial charge >= 0.3 is 0 Å². The van der Waals surface area contributed by atoms with E-state index in [9.17, 15) is 9.59 Å². The molecule has 0 aliphatic carbocycles. The van der Waals surface area contributed by atoms with E-state index in [0.717, 1.165) is 11.3 Å². The van der Waals surface area contributed by atoms with Gasteiger partial charge in [-0.25, -0.2) is 0 Å². The molecule has 2 amide bonds. The van der Waals surface area contributed by atoms with Gasteiger partial charge in [0, 0.05) is 10.7 Å². The van der Waals surface area contributed by atoms with E-state index < -0.39 is 5.91 Å². The van der Waals surface area contributed by atoms with Crippen molar-refractivity contribution in [2.75, 3.05) is 11.9 Å². The number of rotatable bonds is 5. The predicted molar refractivity (Wildman–Crippen MR) is 99.2 cm³/mol. The smallest absolute Gasteiger partial charge is 0.262 e. The van der Waals surface area contributed by atoms with E-state index in [1.54, 1.807) is 6.07 Å². The molecule has 2 rings (SSSR count). The number of hydrogen-bond acceptors (Lipinski definition) is 3. The minimum atomic E-state index is -0.670. The number of primary amides is 1. The van der Waals surface area contributed by atoms with Crippen LogP contribution in [0, 0.1) is 0 Å². The predicted octanol–water partition coefficient (Wildman–Crippen LogP) is 3.75. The molecule has 2 aromatic carbocycles. The lowest BCUT2D eigenvalue weighted by Crippen LogP contribution is -2.24. The highest BCUT2D eigenvalue weighted by Crippen LogP contribution is 2.29. The van der Waals surface area contributed by atoms with Crippen molar-refractivity contribution < 1.29 is 14.3 Å². The monoisotopic (exact) mass is 360 g/mol. The Kier molecular flexibility index (Phi) is 5.69. The van der Waals surface area contributed by atoms with E-state index >= 15 is 0 Å². The molecule has 25 heavy (non-hydrogen) atoms. The van der Waals surface area contributed by atoms with Gasteiger partial charge in [0.2, 0.25) is 0 Å². The number of amides is 2. The third-order valence-corrected chi connectivity index (χ3v) is 3.81. The van der Waals surface area contributed by atoms with Crippen molar-refractivity contribution in [3.63, 3.8) is 0 Å². The van der Waals surface area contributed by atoms with E-state index in [1.807, 2.05) is 24.3 Å². The Labute approximate surface area is 152 Å². The van der Waals surface area contributed by atoms with Crippen molar-refractivity contribution in [3.8, 4) is 5.75 Å². The summed E-state index contributed by atoms with van der Waals surface area (Å²) in [5.74, 6) is -0.783. The molecule has 0 fully saturated rings. The summed E-state index contributed by atoms with van der Waals surface area (Å²) in [6, 6.07) is 12.1. The number of nitrogens with two attached hydrogens (primary N) is 1. The maximum atomic E-state index is 12.2. The molecule has 0 aliphatic rings. The van der Waals surface area contributed by atoms with Gasteiger partial charge in [-0.1, -0.05) is 50.6 Å². The lowest BCUT2D eigenvalue weighted by Gasteiger charge is -2.23. The number of hydrogen-bond donors (Lipinski definition) is 2. The Morgan fingerprint density at radius 1 is 1.16 bits per heavy atom. The largest absolute Gasteiger partial charge is 0.483 e. The van der Waals surface area contributed by atoms with E-state index in [0.29, 0.717) is 5.02 Å². The molecule has 0 spiro atoms. The average Bonchev–Trinajstić information content (AvgIpc) is 2.53. The Bertz CT molecular complexity index is 797. The molecule has 3 N–H and O–H groups in total. The average molecular weight is 361 g/mol. The van der Waals surface area contributed by atoms with Crippen LogP contribution in [-0.2, 0) is 10.2 Å².